The lowest BCUT2D eigenvalue weighted by molar-refractivity contribution is 0.240. The number of carbonyl (C=O) groups is 1. The molecule has 3 N–H and O–H groups in total. The van der Waals surface area contributed by atoms with Crippen molar-refractivity contribution < 1.29 is 13.2 Å². The highest BCUT2D eigenvalue weighted by atomic mass is 32.2. The third-order valence-electron chi connectivity index (χ3n) is 3.13. The van der Waals surface area contributed by atoms with Crippen molar-refractivity contribution in [2.75, 3.05) is 13.1 Å². The molecule has 130 valence electrons. The van der Waals surface area contributed by atoms with Crippen molar-refractivity contribution >= 4 is 27.4 Å². The summed E-state index contributed by atoms with van der Waals surface area (Å²) in [6.07, 6.45) is 0. The summed E-state index contributed by atoms with van der Waals surface area (Å²) in [5.41, 5.74) is 1.79. The Bertz CT molecular complexity index is 785. The number of amides is 2. The van der Waals surface area contributed by atoms with Crippen molar-refractivity contribution in [2.24, 2.45) is 0 Å². The van der Waals surface area contributed by atoms with Gasteiger partial charge in [0.25, 0.3) is 0 Å². The van der Waals surface area contributed by atoms with Crippen molar-refractivity contribution in [2.45, 2.75) is 25.3 Å². The third-order valence-corrected chi connectivity index (χ3v) is 5.43. The maximum absolute atomic E-state index is 12.1. The molecule has 2 amide bonds. The van der Waals surface area contributed by atoms with E-state index in [1.807, 2.05) is 19.2 Å². The summed E-state index contributed by atoms with van der Waals surface area (Å²) in [7, 11) is -3.56. The molecule has 9 heteroatoms. The van der Waals surface area contributed by atoms with Gasteiger partial charge in [-0.15, -0.1) is 11.3 Å². The number of aromatic nitrogens is 1. The van der Waals surface area contributed by atoms with Crippen LogP contribution in [0.1, 0.15) is 16.3 Å². The van der Waals surface area contributed by atoms with Crippen LogP contribution in [0.3, 0.4) is 0 Å². The summed E-state index contributed by atoms with van der Waals surface area (Å²) in [4.78, 5) is 16.1. The molecule has 0 atom stereocenters. The van der Waals surface area contributed by atoms with Crippen LogP contribution >= 0.6 is 11.3 Å². The predicted octanol–water partition coefficient (Wildman–Crippen LogP) is 1.54. The lowest BCUT2D eigenvalue weighted by Gasteiger charge is -2.09. The fraction of sp³-hybridized carbons (Fsp3) is 0.333. The van der Waals surface area contributed by atoms with Gasteiger partial charge in [0.15, 0.2) is 0 Å². The Hall–Kier alpha value is -1.97. The topological polar surface area (TPSA) is 100 Å². The number of thiazole rings is 1. The molecule has 2 aromatic rings. The van der Waals surface area contributed by atoms with Gasteiger partial charge in [-0.1, -0.05) is 17.7 Å². The quantitative estimate of drug-likeness (QED) is 0.645. The second kappa shape index (κ2) is 8.22. The maximum atomic E-state index is 12.1. The van der Waals surface area contributed by atoms with E-state index in [1.165, 1.54) is 11.3 Å². The van der Waals surface area contributed by atoms with E-state index in [0.29, 0.717) is 6.54 Å². The Morgan fingerprint density at radius 3 is 2.46 bits per heavy atom. The van der Waals surface area contributed by atoms with E-state index in [1.54, 1.807) is 24.3 Å². The third kappa shape index (κ3) is 5.59. The molecule has 0 spiro atoms. The molecule has 1 aromatic heterocycles. The van der Waals surface area contributed by atoms with E-state index in [0.717, 1.165) is 16.3 Å². The van der Waals surface area contributed by atoms with Crippen LogP contribution in [0.4, 0.5) is 4.79 Å². The summed E-state index contributed by atoms with van der Waals surface area (Å²) < 4.78 is 26.6. The molecule has 1 aromatic carbocycles. The number of nitrogens with one attached hydrogen (secondary N) is 3. The van der Waals surface area contributed by atoms with Crippen LogP contribution < -0.4 is 15.4 Å². The molecule has 0 aliphatic heterocycles. The minimum absolute atomic E-state index is 0.111. The number of hydrogen-bond donors (Lipinski definition) is 3. The zero-order chi connectivity index (χ0) is 17.6. The molecule has 0 radical (unpaired) electrons. The Balaban J connectivity index is 1.70. The number of hydrogen-bond acceptors (Lipinski definition) is 5. The van der Waals surface area contributed by atoms with Gasteiger partial charge in [0.1, 0.15) is 0 Å². The Labute approximate surface area is 145 Å². The highest BCUT2D eigenvalue weighted by Crippen LogP contribution is 2.09. The van der Waals surface area contributed by atoms with E-state index < -0.39 is 10.0 Å². The van der Waals surface area contributed by atoms with Gasteiger partial charge in [-0.25, -0.2) is 22.9 Å². The number of benzene rings is 1. The summed E-state index contributed by atoms with van der Waals surface area (Å²) >= 11 is 1.52. The van der Waals surface area contributed by atoms with Crippen LogP contribution in [0.15, 0.2) is 34.5 Å². The van der Waals surface area contributed by atoms with Crippen LogP contribution in [0.2, 0.25) is 0 Å². The van der Waals surface area contributed by atoms with Gasteiger partial charge in [-0.05, 0) is 26.0 Å². The molecular formula is C15H20N4O3S2. The first-order valence-corrected chi connectivity index (χ1v) is 9.72. The molecule has 0 aliphatic carbocycles. The molecule has 0 fully saturated rings. The number of rotatable bonds is 7. The van der Waals surface area contributed by atoms with Gasteiger partial charge in [-0.3, -0.25) is 0 Å². The molecule has 0 saturated heterocycles. The normalized spacial score (nSPS) is 11.2. The first-order chi connectivity index (χ1) is 11.4. The highest BCUT2D eigenvalue weighted by Gasteiger charge is 2.12. The predicted molar refractivity (Wildman–Crippen MR) is 93.5 cm³/mol. The van der Waals surface area contributed by atoms with Crippen LogP contribution in [-0.2, 0) is 16.6 Å². The highest BCUT2D eigenvalue weighted by molar-refractivity contribution is 7.89. The van der Waals surface area contributed by atoms with Crippen molar-refractivity contribution in [3.05, 3.63) is 45.9 Å². The SMILES string of the molecule is Cc1ccc(S(=O)(=O)NCCNC(=O)NCc2csc(C)n2)cc1. The number of carbonyl (C=O) groups excluding carboxylic acids is 1. The average molecular weight is 368 g/mol. The fourth-order valence-corrected chi connectivity index (χ4v) is 3.53. The average Bonchev–Trinajstić information content (AvgIpc) is 2.95. The zero-order valence-electron chi connectivity index (χ0n) is 13.5. The smallest absolute Gasteiger partial charge is 0.315 e. The Kier molecular flexibility index (Phi) is 6.29. The van der Waals surface area contributed by atoms with Gasteiger partial charge >= 0.3 is 6.03 Å². The van der Waals surface area contributed by atoms with E-state index in [9.17, 15) is 13.2 Å². The van der Waals surface area contributed by atoms with E-state index >= 15 is 0 Å². The second-order valence-corrected chi connectivity index (χ2v) is 8.01. The zero-order valence-corrected chi connectivity index (χ0v) is 15.1. The van der Waals surface area contributed by atoms with Crippen molar-refractivity contribution in [3.63, 3.8) is 0 Å². The van der Waals surface area contributed by atoms with Gasteiger partial charge in [0.2, 0.25) is 10.0 Å². The fourth-order valence-electron chi connectivity index (χ4n) is 1.88. The minimum Gasteiger partial charge on any atom is -0.337 e. The van der Waals surface area contributed by atoms with Crippen LogP contribution in [0.5, 0.6) is 0 Å². The van der Waals surface area contributed by atoms with E-state index in [4.69, 9.17) is 0 Å². The van der Waals surface area contributed by atoms with Gasteiger partial charge in [0, 0.05) is 18.5 Å². The van der Waals surface area contributed by atoms with E-state index in [2.05, 4.69) is 20.3 Å². The monoisotopic (exact) mass is 368 g/mol. The van der Waals surface area contributed by atoms with Crippen LogP contribution in [0.25, 0.3) is 0 Å². The summed E-state index contributed by atoms with van der Waals surface area (Å²) in [6, 6.07) is 6.21. The summed E-state index contributed by atoms with van der Waals surface area (Å²) in [5, 5.41) is 8.08. The van der Waals surface area contributed by atoms with E-state index in [-0.39, 0.29) is 24.0 Å². The number of urea groups is 1. The lowest BCUT2D eigenvalue weighted by Crippen LogP contribution is -2.40. The van der Waals surface area contributed by atoms with Crippen LogP contribution in [-0.4, -0.2) is 32.5 Å². The Morgan fingerprint density at radius 1 is 1.12 bits per heavy atom. The van der Waals surface area contributed by atoms with Gasteiger partial charge in [-0.2, -0.15) is 0 Å². The van der Waals surface area contributed by atoms with Gasteiger partial charge in [0.05, 0.1) is 22.1 Å². The first-order valence-electron chi connectivity index (χ1n) is 7.36. The van der Waals surface area contributed by atoms with Gasteiger partial charge < -0.3 is 10.6 Å². The lowest BCUT2D eigenvalue weighted by atomic mass is 10.2. The molecule has 0 saturated carbocycles. The first kappa shape index (κ1) is 18.4. The number of nitrogens with zero attached hydrogens (tertiary/aromatic N) is 1. The number of aryl methyl sites for hydroxylation is 2. The van der Waals surface area contributed by atoms with Crippen molar-refractivity contribution in [1.29, 1.82) is 0 Å². The number of sulfonamides is 1. The molecule has 24 heavy (non-hydrogen) atoms. The minimum atomic E-state index is -3.56. The van der Waals surface area contributed by atoms with Crippen LogP contribution in [0, 0.1) is 13.8 Å². The molecule has 0 bridgehead atoms. The van der Waals surface area contributed by atoms with Crippen molar-refractivity contribution in [3.8, 4) is 0 Å². The molecular weight excluding hydrogens is 348 g/mol. The summed E-state index contributed by atoms with van der Waals surface area (Å²) in [6.45, 7) is 4.42. The molecule has 1 heterocycles. The second-order valence-electron chi connectivity index (χ2n) is 5.18. The molecule has 0 aliphatic rings. The Morgan fingerprint density at radius 2 is 1.83 bits per heavy atom. The standard InChI is InChI=1S/C15H20N4O3S2/c1-11-3-5-14(6-4-11)24(21,22)18-8-7-16-15(20)17-9-13-10-23-12(2)19-13/h3-6,10,18H,7-9H2,1-2H3,(H2,16,17,20). The largest absolute Gasteiger partial charge is 0.337 e. The molecule has 2 rings (SSSR count). The maximum Gasteiger partial charge on any atom is 0.315 e. The summed E-state index contributed by atoms with van der Waals surface area (Å²) in [5.74, 6) is 0. The molecule has 7 nitrogen and oxygen atoms in total. The van der Waals surface area contributed by atoms with Crippen molar-refractivity contribution in [1.82, 2.24) is 20.3 Å². The molecule has 0 unspecified atom stereocenters.